The van der Waals surface area contributed by atoms with E-state index < -0.39 is 0 Å². The van der Waals surface area contributed by atoms with E-state index in [0.717, 1.165) is 16.7 Å². The van der Waals surface area contributed by atoms with Gasteiger partial charge in [-0.05, 0) is 30.2 Å². The van der Waals surface area contributed by atoms with Crippen molar-refractivity contribution < 1.29 is 9.50 Å². The van der Waals surface area contributed by atoms with Crippen LogP contribution in [0.1, 0.15) is 11.6 Å². The zero-order chi connectivity index (χ0) is 17.1. The Morgan fingerprint density at radius 1 is 1.21 bits per heavy atom. The van der Waals surface area contributed by atoms with E-state index in [1.165, 1.54) is 12.1 Å². The Labute approximate surface area is 139 Å². The SMILES string of the molecule is Cc1cc(=O)n(C2C=CC=CC2NCO)cc1-c1ccc(F)cc1. The van der Waals surface area contributed by atoms with E-state index in [0.29, 0.717) is 0 Å². The topological polar surface area (TPSA) is 54.3 Å². The number of aliphatic hydroxyl groups excluding tert-OH is 1. The van der Waals surface area contributed by atoms with Gasteiger partial charge in [-0.1, -0.05) is 36.4 Å². The average Bonchev–Trinajstić information content (AvgIpc) is 2.57. The van der Waals surface area contributed by atoms with Gasteiger partial charge in [-0.15, -0.1) is 0 Å². The predicted molar refractivity (Wildman–Crippen MR) is 92.2 cm³/mol. The monoisotopic (exact) mass is 326 g/mol. The fourth-order valence-electron chi connectivity index (χ4n) is 2.96. The van der Waals surface area contributed by atoms with E-state index in [9.17, 15) is 9.18 Å². The Morgan fingerprint density at radius 2 is 1.92 bits per heavy atom. The Morgan fingerprint density at radius 3 is 2.62 bits per heavy atom. The summed E-state index contributed by atoms with van der Waals surface area (Å²) in [5.41, 5.74) is 2.45. The van der Waals surface area contributed by atoms with Crippen molar-refractivity contribution in [3.63, 3.8) is 0 Å². The molecular weight excluding hydrogens is 307 g/mol. The fraction of sp³-hybridized carbons (Fsp3) is 0.211. The third kappa shape index (κ3) is 3.22. The number of nitrogens with one attached hydrogen (secondary N) is 1. The molecule has 2 atom stereocenters. The molecule has 0 amide bonds. The van der Waals surface area contributed by atoms with E-state index in [1.54, 1.807) is 29.0 Å². The summed E-state index contributed by atoms with van der Waals surface area (Å²) >= 11 is 0. The molecule has 0 spiro atoms. The van der Waals surface area contributed by atoms with Gasteiger partial charge in [0.1, 0.15) is 5.82 Å². The number of hydrogen-bond donors (Lipinski definition) is 2. The number of nitrogens with zero attached hydrogens (tertiary/aromatic N) is 1. The lowest BCUT2D eigenvalue weighted by molar-refractivity contribution is 0.238. The number of aryl methyl sites for hydroxylation is 1. The van der Waals surface area contributed by atoms with E-state index >= 15 is 0 Å². The molecule has 2 N–H and O–H groups in total. The molecule has 1 aromatic carbocycles. The van der Waals surface area contributed by atoms with Gasteiger partial charge in [-0.25, -0.2) is 4.39 Å². The molecule has 1 aliphatic rings. The molecule has 24 heavy (non-hydrogen) atoms. The second kappa shape index (κ2) is 6.95. The molecule has 0 radical (unpaired) electrons. The Bertz CT molecular complexity index is 837. The average molecular weight is 326 g/mol. The van der Waals surface area contributed by atoms with Crippen molar-refractivity contribution in [3.8, 4) is 11.1 Å². The lowest BCUT2D eigenvalue weighted by atomic mass is 9.99. The molecule has 2 aromatic rings. The number of pyridine rings is 1. The maximum atomic E-state index is 13.2. The number of allylic oxidation sites excluding steroid dienone is 2. The molecular formula is C19H19FN2O2. The summed E-state index contributed by atoms with van der Waals surface area (Å²) in [6, 6.07) is 7.38. The molecule has 4 nitrogen and oxygen atoms in total. The third-order valence-corrected chi connectivity index (χ3v) is 4.20. The minimum atomic E-state index is -0.294. The molecule has 1 heterocycles. The van der Waals surface area contributed by atoms with Crippen molar-refractivity contribution in [1.82, 2.24) is 9.88 Å². The third-order valence-electron chi connectivity index (χ3n) is 4.20. The minimum absolute atomic E-state index is 0.118. The fourth-order valence-corrected chi connectivity index (χ4v) is 2.96. The quantitative estimate of drug-likeness (QED) is 0.849. The number of aromatic nitrogens is 1. The van der Waals surface area contributed by atoms with Crippen molar-refractivity contribution in [2.24, 2.45) is 0 Å². The highest BCUT2D eigenvalue weighted by molar-refractivity contribution is 5.66. The molecule has 0 aliphatic heterocycles. The first-order valence-electron chi connectivity index (χ1n) is 7.78. The highest BCUT2D eigenvalue weighted by atomic mass is 19.1. The normalized spacial score (nSPS) is 19.6. The van der Waals surface area contributed by atoms with Crippen LogP contribution in [0, 0.1) is 12.7 Å². The lowest BCUT2D eigenvalue weighted by Crippen LogP contribution is -2.40. The summed E-state index contributed by atoms with van der Waals surface area (Å²) in [5, 5.41) is 12.1. The maximum absolute atomic E-state index is 13.2. The van der Waals surface area contributed by atoms with Crippen molar-refractivity contribution in [2.45, 2.75) is 19.0 Å². The number of hydrogen-bond acceptors (Lipinski definition) is 3. The zero-order valence-electron chi connectivity index (χ0n) is 13.3. The molecule has 1 aromatic heterocycles. The van der Waals surface area contributed by atoms with Gasteiger partial charge < -0.3 is 9.67 Å². The van der Waals surface area contributed by atoms with Gasteiger partial charge in [0, 0.05) is 17.8 Å². The Hall–Kier alpha value is -2.50. The standard InChI is InChI=1S/C19H19FN2O2/c1-13-10-19(24)22(18-5-3-2-4-17(18)21-12-23)11-16(13)14-6-8-15(20)9-7-14/h2-11,17-18,21,23H,12H2,1H3. The van der Waals surface area contributed by atoms with Crippen LogP contribution in [-0.4, -0.2) is 22.4 Å². The molecule has 0 fully saturated rings. The maximum Gasteiger partial charge on any atom is 0.251 e. The van der Waals surface area contributed by atoms with Crippen LogP contribution in [0.4, 0.5) is 4.39 Å². The van der Waals surface area contributed by atoms with Gasteiger partial charge in [0.15, 0.2) is 0 Å². The van der Waals surface area contributed by atoms with Crippen LogP contribution in [0.2, 0.25) is 0 Å². The van der Waals surface area contributed by atoms with Gasteiger partial charge in [0.05, 0.1) is 18.8 Å². The smallest absolute Gasteiger partial charge is 0.251 e. The second-order valence-electron chi connectivity index (χ2n) is 5.77. The molecule has 0 saturated heterocycles. The number of aliphatic hydroxyl groups is 1. The summed E-state index contributed by atoms with van der Waals surface area (Å²) in [5.74, 6) is -0.294. The molecule has 0 bridgehead atoms. The van der Waals surface area contributed by atoms with Crippen LogP contribution in [0.25, 0.3) is 11.1 Å². The lowest BCUT2D eigenvalue weighted by Gasteiger charge is -2.27. The highest BCUT2D eigenvalue weighted by Crippen LogP contribution is 2.25. The summed E-state index contributed by atoms with van der Waals surface area (Å²) in [6.45, 7) is 1.69. The summed E-state index contributed by atoms with van der Waals surface area (Å²) < 4.78 is 14.8. The van der Waals surface area contributed by atoms with E-state index in [2.05, 4.69) is 5.32 Å². The number of rotatable bonds is 4. The van der Waals surface area contributed by atoms with E-state index in [4.69, 9.17) is 5.11 Å². The molecule has 124 valence electrons. The first kappa shape index (κ1) is 16.4. The van der Waals surface area contributed by atoms with Crippen molar-refractivity contribution >= 4 is 0 Å². The summed E-state index contributed by atoms with van der Waals surface area (Å²) in [7, 11) is 0. The van der Waals surface area contributed by atoms with E-state index in [1.807, 2.05) is 31.2 Å². The van der Waals surface area contributed by atoms with Crippen LogP contribution in [0.3, 0.4) is 0 Å². The molecule has 1 aliphatic carbocycles. The zero-order valence-corrected chi connectivity index (χ0v) is 13.3. The van der Waals surface area contributed by atoms with Gasteiger partial charge >= 0.3 is 0 Å². The van der Waals surface area contributed by atoms with Crippen molar-refractivity contribution in [3.05, 3.63) is 82.6 Å². The van der Waals surface area contributed by atoms with Crippen LogP contribution in [-0.2, 0) is 0 Å². The highest BCUT2D eigenvalue weighted by Gasteiger charge is 2.21. The Kier molecular flexibility index (Phi) is 4.74. The van der Waals surface area contributed by atoms with Crippen molar-refractivity contribution in [1.29, 1.82) is 0 Å². The summed E-state index contributed by atoms with van der Waals surface area (Å²) in [4.78, 5) is 12.5. The van der Waals surface area contributed by atoms with Gasteiger partial charge in [0.2, 0.25) is 0 Å². The number of halogens is 1. The molecule has 2 unspecified atom stereocenters. The predicted octanol–water partition coefficient (Wildman–Crippen LogP) is 2.54. The van der Waals surface area contributed by atoms with Crippen LogP contribution in [0.15, 0.2) is 65.6 Å². The molecule has 3 rings (SSSR count). The Balaban J connectivity index is 2.07. The van der Waals surface area contributed by atoms with Gasteiger partial charge in [0.25, 0.3) is 5.56 Å². The van der Waals surface area contributed by atoms with Crippen molar-refractivity contribution in [2.75, 3.05) is 6.73 Å². The van der Waals surface area contributed by atoms with Crippen LogP contribution >= 0.6 is 0 Å². The van der Waals surface area contributed by atoms with Crippen LogP contribution in [0.5, 0.6) is 0 Å². The van der Waals surface area contributed by atoms with Crippen LogP contribution < -0.4 is 10.9 Å². The first-order valence-corrected chi connectivity index (χ1v) is 7.78. The second-order valence-corrected chi connectivity index (χ2v) is 5.77. The number of benzene rings is 1. The van der Waals surface area contributed by atoms with Gasteiger partial charge in [-0.3, -0.25) is 10.1 Å². The first-order chi connectivity index (χ1) is 11.6. The molecule has 5 heteroatoms. The summed E-state index contributed by atoms with van der Waals surface area (Å²) in [6.07, 6.45) is 9.38. The largest absolute Gasteiger partial charge is 0.381 e. The van der Waals surface area contributed by atoms with E-state index in [-0.39, 0.29) is 30.2 Å². The van der Waals surface area contributed by atoms with Gasteiger partial charge in [-0.2, -0.15) is 0 Å². The molecule has 0 saturated carbocycles. The minimum Gasteiger partial charge on any atom is -0.381 e.